The third kappa shape index (κ3) is 4.02. The van der Waals surface area contributed by atoms with E-state index in [1.54, 1.807) is 29.2 Å². The topological polar surface area (TPSA) is 49.4 Å². The number of allylic oxidation sites excluding steroid dienone is 1. The summed E-state index contributed by atoms with van der Waals surface area (Å²) in [4.78, 5) is 29.5. The molecule has 0 fully saturated rings. The molecule has 0 spiro atoms. The van der Waals surface area contributed by atoms with Gasteiger partial charge in [-0.2, -0.15) is 0 Å². The molecule has 172 valence electrons. The summed E-state index contributed by atoms with van der Waals surface area (Å²) in [5.41, 5.74) is 3.27. The van der Waals surface area contributed by atoms with Crippen molar-refractivity contribution in [2.75, 3.05) is 10.2 Å². The van der Waals surface area contributed by atoms with Crippen LogP contribution in [0.1, 0.15) is 42.2 Å². The summed E-state index contributed by atoms with van der Waals surface area (Å²) in [5, 5.41) is 4.30. The van der Waals surface area contributed by atoms with Gasteiger partial charge >= 0.3 is 0 Å². The van der Waals surface area contributed by atoms with Crippen molar-refractivity contribution in [2.24, 2.45) is 11.3 Å². The third-order valence-electron chi connectivity index (χ3n) is 6.42. The molecule has 0 radical (unpaired) electrons. The number of anilines is 2. The van der Waals surface area contributed by atoms with Gasteiger partial charge in [0.2, 0.25) is 0 Å². The molecule has 1 N–H and O–H groups in total. The standard InChI is InChI=1S/C28H24Cl2N2O2/c1-28(2)15-22-25(24(33)16-28)26(18-12-13-19(29)20(30)14-18)32(23-11-7-6-10-21(23)31-22)27(34)17-8-4-3-5-9-17/h3-15,25-26,31H,16H2,1-2H3/t25-,26-/m1/s1. The number of hydrogen-bond acceptors (Lipinski definition) is 3. The lowest BCUT2D eigenvalue weighted by Gasteiger charge is -2.39. The second-order valence-corrected chi connectivity index (χ2v) is 10.3. The highest BCUT2D eigenvalue weighted by molar-refractivity contribution is 6.42. The Kier molecular flexibility index (Phi) is 5.75. The van der Waals surface area contributed by atoms with Gasteiger partial charge in [0.15, 0.2) is 0 Å². The zero-order valence-corrected chi connectivity index (χ0v) is 20.4. The van der Waals surface area contributed by atoms with Gasteiger partial charge in [-0.05, 0) is 47.4 Å². The van der Waals surface area contributed by atoms with Crippen molar-refractivity contribution in [2.45, 2.75) is 26.3 Å². The van der Waals surface area contributed by atoms with E-state index in [1.165, 1.54) is 0 Å². The normalized spacial score (nSPS) is 21.0. The molecule has 1 heterocycles. The van der Waals surface area contributed by atoms with Gasteiger partial charge in [-0.1, -0.05) is 79.5 Å². The molecule has 0 saturated heterocycles. The van der Waals surface area contributed by atoms with E-state index in [4.69, 9.17) is 23.2 Å². The first-order valence-electron chi connectivity index (χ1n) is 11.2. The smallest absolute Gasteiger partial charge is 0.258 e. The lowest BCUT2D eigenvalue weighted by Crippen LogP contribution is -2.43. The van der Waals surface area contributed by atoms with Crippen LogP contribution in [0.5, 0.6) is 0 Å². The second kappa shape index (κ2) is 8.61. The van der Waals surface area contributed by atoms with E-state index in [0.29, 0.717) is 27.7 Å². The van der Waals surface area contributed by atoms with Gasteiger partial charge in [-0.25, -0.2) is 0 Å². The van der Waals surface area contributed by atoms with E-state index in [0.717, 1.165) is 16.9 Å². The highest BCUT2D eigenvalue weighted by Gasteiger charge is 2.46. The van der Waals surface area contributed by atoms with Crippen LogP contribution in [0.3, 0.4) is 0 Å². The summed E-state index contributed by atoms with van der Waals surface area (Å²) in [7, 11) is 0. The molecule has 34 heavy (non-hydrogen) atoms. The summed E-state index contributed by atoms with van der Waals surface area (Å²) in [6, 6.07) is 21.5. The number of ketones is 1. The average Bonchev–Trinajstić information content (AvgIpc) is 2.94. The molecule has 1 aliphatic heterocycles. The molecular formula is C28H24Cl2N2O2. The van der Waals surface area contributed by atoms with Gasteiger partial charge < -0.3 is 5.32 Å². The molecular weight excluding hydrogens is 467 g/mol. The lowest BCUT2D eigenvalue weighted by atomic mass is 9.72. The van der Waals surface area contributed by atoms with Crippen LogP contribution in [0, 0.1) is 11.3 Å². The van der Waals surface area contributed by atoms with Crippen LogP contribution in [-0.2, 0) is 4.79 Å². The Hall–Kier alpha value is -3.08. The fraction of sp³-hybridized carbons (Fsp3) is 0.214. The maximum absolute atomic E-state index is 14.1. The minimum atomic E-state index is -0.603. The van der Waals surface area contributed by atoms with E-state index in [-0.39, 0.29) is 17.1 Å². The Morgan fingerprint density at radius 3 is 2.41 bits per heavy atom. The molecule has 2 atom stereocenters. The van der Waals surface area contributed by atoms with Gasteiger partial charge in [0, 0.05) is 17.7 Å². The highest BCUT2D eigenvalue weighted by atomic mass is 35.5. The van der Waals surface area contributed by atoms with E-state index in [1.807, 2.05) is 62.4 Å². The maximum Gasteiger partial charge on any atom is 0.258 e. The zero-order valence-electron chi connectivity index (χ0n) is 18.9. The molecule has 0 bridgehead atoms. The van der Waals surface area contributed by atoms with Crippen LogP contribution in [0.2, 0.25) is 10.0 Å². The fourth-order valence-corrected chi connectivity index (χ4v) is 5.30. The number of rotatable bonds is 2. The SMILES string of the molecule is CC1(C)C=C2Nc3ccccc3N(C(=O)c3ccccc3)[C@H](c3ccc(Cl)c(Cl)c3)[C@H]2C(=O)C1. The molecule has 0 unspecified atom stereocenters. The molecule has 2 aliphatic rings. The van der Waals surface area contributed by atoms with Crippen molar-refractivity contribution in [1.82, 2.24) is 0 Å². The van der Waals surface area contributed by atoms with Gasteiger partial charge in [0.05, 0.1) is 33.4 Å². The van der Waals surface area contributed by atoms with Gasteiger partial charge in [0.25, 0.3) is 5.91 Å². The number of amides is 1. The van der Waals surface area contributed by atoms with E-state index in [9.17, 15) is 9.59 Å². The Morgan fingerprint density at radius 2 is 1.68 bits per heavy atom. The first-order valence-corrected chi connectivity index (χ1v) is 12.0. The lowest BCUT2D eigenvalue weighted by molar-refractivity contribution is -0.124. The Bertz CT molecular complexity index is 1320. The number of carbonyl (C=O) groups excluding carboxylic acids is 2. The predicted molar refractivity (Wildman–Crippen MR) is 137 cm³/mol. The van der Waals surface area contributed by atoms with Crippen molar-refractivity contribution < 1.29 is 9.59 Å². The van der Waals surface area contributed by atoms with Crippen molar-refractivity contribution in [3.8, 4) is 0 Å². The molecule has 1 aliphatic carbocycles. The van der Waals surface area contributed by atoms with Gasteiger partial charge in [-0.3, -0.25) is 14.5 Å². The van der Waals surface area contributed by atoms with Crippen molar-refractivity contribution >= 4 is 46.3 Å². The predicted octanol–water partition coefficient (Wildman–Crippen LogP) is 7.31. The number of carbonyl (C=O) groups is 2. The van der Waals surface area contributed by atoms with Crippen LogP contribution in [0.15, 0.2) is 84.6 Å². The molecule has 1 amide bonds. The van der Waals surface area contributed by atoms with E-state index < -0.39 is 12.0 Å². The zero-order chi connectivity index (χ0) is 24.0. The maximum atomic E-state index is 14.1. The molecule has 5 rings (SSSR count). The van der Waals surface area contributed by atoms with Crippen LogP contribution in [-0.4, -0.2) is 11.7 Å². The largest absolute Gasteiger partial charge is 0.357 e. The fourth-order valence-electron chi connectivity index (χ4n) is 4.99. The monoisotopic (exact) mass is 490 g/mol. The Morgan fingerprint density at radius 1 is 0.971 bits per heavy atom. The molecule has 3 aromatic rings. The first-order chi connectivity index (χ1) is 16.2. The number of benzene rings is 3. The van der Waals surface area contributed by atoms with Crippen LogP contribution in [0.4, 0.5) is 11.4 Å². The average molecular weight is 491 g/mol. The third-order valence-corrected chi connectivity index (χ3v) is 7.16. The first kappa shape index (κ1) is 22.7. The number of nitrogens with one attached hydrogen (secondary N) is 1. The minimum absolute atomic E-state index is 0.0738. The molecule has 4 nitrogen and oxygen atoms in total. The molecule has 0 saturated carbocycles. The number of fused-ring (bicyclic) bond motifs is 2. The molecule has 3 aromatic carbocycles. The highest BCUT2D eigenvalue weighted by Crippen LogP contribution is 2.49. The molecule has 0 aromatic heterocycles. The molecule has 6 heteroatoms. The minimum Gasteiger partial charge on any atom is -0.357 e. The number of halogens is 2. The summed E-state index contributed by atoms with van der Waals surface area (Å²) >= 11 is 12.7. The summed E-state index contributed by atoms with van der Waals surface area (Å²) in [6.07, 6.45) is 2.50. The number of nitrogens with zero attached hydrogens (tertiary/aromatic N) is 1. The second-order valence-electron chi connectivity index (χ2n) is 9.51. The summed E-state index contributed by atoms with van der Waals surface area (Å²) in [6.45, 7) is 4.10. The van der Waals surface area contributed by atoms with Gasteiger partial charge in [0.1, 0.15) is 5.78 Å². The van der Waals surface area contributed by atoms with E-state index >= 15 is 0 Å². The van der Waals surface area contributed by atoms with Gasteiger partial charge in [-0.15, -0.1) is 0 Å². The van der Waals surface area contributed by atoms with Crippen molar-refractivity contribution in [1.29, 1.82) is 0 Å². The van der Waals surface area contributed by atoms with E-state index in [2.05, 4.69) is 11.4 Å². The van der Waals surface area contributed by atoms with Crippen LogP contribution in [0.25, 0.3) is 0 Å². The van der Waals surface area contributed by atoms with Crippen LogP contribution < -0.4 is 10.2 Å². The number of hydrogen-bond donors (Lipinski definition) is 1. The summed E-state index contributed by atoms with van der Waals surface area (Å²) in [5.74, 6) is -0.695. The quantitative estimate of drug-likeness (QED) is 0.409. The summed E-state index contributed by atoms with van der Waals surface area (Å²) < 4.78 is 0. The number of Topliss-reactive ketones (excluding diaryl/α,β-unsaturated/α-hetero) is 1. The Balaban J connectivity index is 1.80. The van der Waals surface area contributed by atoms with Crippen molar-refractivity contribution in [3.63, 3.8) is 0 Å². The van der Waals surface area contributed by atoms with Crippen molar-refractivity contribution in [3.05, 3.63) is 106 Å². The number of para-hydroxylation sites is 2. The van der Waals surface area contributed by atoms with Crippen LogP contribution >= 0.6 is 23.2 Å². The Labute approximate surface area is 209 Å².